The number of nitrogens with zero attached hydrogens (tertiary/aromatic N) is 3. The van der Waals surface area contributed by atoms with Gasteiger partial charge in [0.1, 0.15) is 40.6 Å². The molecule has 0 saturated carbocycles. The molecule has 5 rings (SSSR count). The number of piperazine rings is 1. The highest BCUT2D eigenvalue weighted by Crippen LogP contribution is 2.45. The molecule has 2 unspecified atom stereocenters. The fourth-order valence-electron chi connectivity index (χ4n) is 4.72. The second-order valence-corrected chi connectivity index (χ2v) is 9.11. The molecular weight excluding hydrogens is 451 g/mol. The van der Waals surface area contributed by atoms with Crippen molar-refractivity contribution < 1.29 is 23.8 Å². The highest BCUT2D eigenvalue weighted by Gasteiger charge is 2.39. The van der Waals surface area contributed by atoms with Crippen LogP contribution in [0.4, 0.5) is 4.39 Å². The Morgan fingerprint density at radius 2 is 2.18 bits per heavy atom. The number of likely N-dealkylation sites (tertiary alicyclic amines) is 1. The molecule has 2 fully saturated rings. The summed E-state index contributed by atoms with van der Waals surface area (Å²) in [6.45, 7) is 3.64. The normalized spacial score (nSPS) is 23.4. The first kappa shape index (κ1) is 22.2. The number of pyridine rings is 1. The van der Waals surface area contributed by atoms with Gasteiger partial charge in [-0.1, -0.05) is 17.7 Å². The van der Waals surface area contributed by atoms with Crippen LogP contribution in [0.3, 0.4) is 0 Å². The maximum Gasteiger partial charge on any atom is 0.263 e. The van der Waals surface area contributed by atoms with Gasteiger partial charge in [0.25, 0.3) is 5.91 Å². The molecule has 0 spiro atoms. The molecule has 8 nitrogen and oxygen atoms in total. The fourth-order valence-corrected chi connectivity index (χ4v) is 5.00. The van der Waals surface area contributed by atoms with Gasteiger partial charge in [-0.05, 0) is 38.6 Å². The van der Waals surface area contributed by atoms with Gasteiger partial charge in [0.05, 0.1) is 11.6 Å². The van der Waals surface area contributed by atoms with E-state index in [2.05, 4.69) is 15.2 Å². The summed E-state index contributed by atoms with van der Waals surface area (Å²) in [6, 6.07) is 3.80. The van der Waals surface area contributed by atoms with Crippen LogP contribution in [-0.4, -0.2) is 84.3 Å². The summed E-state index contributed by atoms with van der Waals surface area (Å²) in [6.07, 6.45) is 1.55. The van der Waals surface area contributed by atoms with E-state index in [1.807, 2.05) is 7.05 Å². The number of ether oxygens (including phenoxy) is 2. The predicted octanol–water partition coefficient (Wildman–Crippen LogP) is 2.53. The van der Waals surface area contributed by atoms with E-state index in [0.717, 1.165) is 19.4 Å². The molecule has 176 valence electrons. The third-order valence-corrected chi connectivity index (χ3v) is 6.75. The Labute approximate surface area is 196 Å². The van der Waals surface area contributed by atoms with Crippen LogP contribution in [0, 0.1) is 5.82 Å². The maximum absolute atomic E-state index is 14.8. The third kappa shape index (κ3) is 4.09. The number of amides is 1. The zero-order valence-electron chi connectivity index (χ0n) is 18.3. The van der Waals surface area contributed by atoms with Gasteiger partial charge in [-0.3, -0.25) is 4.79 Å². The molecule has 0 radical (unpaired) electrons. The van der Waals surface area contributed by atoms with Crippen molar-refractivity contribution in [3.63, 3.8) is 0 Å². The molecule has 2 aromatic rings. The number of rotatable bonds is 3. The number of piperidine rings is 1. The van der Waals surface area contributed by atoms with Crippen LogP contribution in [0.15, 0.2) is 18.2 Å². The van der Waals surface area contributed by atoms with Crippen LogP contribution in [-0.2, 0) is 0 Å². The topological polar surface area (TPSA) is 87.2 Å². The summed E-state index contributed by atoms with van der Waals surface area (Å²) in [5.74, 6) is -1.10. The molecule has 1 aromatic heterocycles. The monoisotopic (exact) mass is 476 g/mol. The van der Waals surface area contributed by atoms with Crippen molar-refractivity contribution in [2.45, 2.75) is 25.0 Å². The molecule has 3 aliphatic rings. The van der Waals surface area contributed by atoms with Gasteiger partial charge in [0.2, 0.25) is 5.88 Å². The number of hydrogen-bond acceptors (Lipinski definition) is 7. The number of halogens is 2. The number of aromatic hydroxyl groups is 1. The highest BCUT2D eigenvalue weighted by molar-refractivity contribution is 6.35. The summed E-state index contributed by atoms with van der Waals surface area (Å²) in [7, 11) is 2.01. The van der Waals surface area contributed by atoms with Crippen LogP contribution in [0.25, 0.3) is 11.3 Å². The van der Waals surface area contributed by atoms with E-state index in [1.165, 1.54) is 18.2 Å². The van der Waals surface area contributed by atoms with Gasteiger partial charge in [-0.2, -0.15) is 0 Å². The number of benzene rings is 1. The van der Waals surface area contributed by atoms with Gasteiger partial charge in [0.15, 0.2) is 5.75 Å². The molecule has 0 bridgehead atoms. The fraction of sp³-hybridized carbons (Fsp3) is 0.478. The van der Waals surface area contributed by atoms with Crippen molar-refractivity contribution in [1.29, 1.82) is 0 Å². The third-order valence-electron chi connectivity index (χ3n) is 6.39. The number of aromatic nitrogens is 1. The van der Waals surface area contributed by atoms with E-state index < -0.39 is 5.82 Å². The number of carbonyl (C=O) groups excluding carboxylic acids is 1. The van der Waals surface area contributed by atoms with E-state index in [0.29, 0.717) is 26.2 Å². The van der Waals surface area contributed by atoms with Crippen molar-refractivity contribution in [2.75, 3.05) is 46.4 Å². The van der Waals surface area contributed by atoms with E-state index >= 15 is 0 Å². The minimum absolute atomic E-state index is 0.0176. The van der Waals surface area contributed by atoms with Crippen LogP contribution in [0.1, 0.15) is 23.2 Å². The molecule has 1 amide bonds. The van der Waals surface area contributed by atoms with Gasteiger partial charge in [0, 0.05) is 26.2 Å². The smallest absolute Gasteiger partial charge is 0.263 e. The minimum atomic E-state index is -0.686. The molecule has 0 aliphatic carbocycles. The average molecular weight is 477 g/mol. The maximum atomic E-state index is 14.8. The van der Waals surface area contributed by atoms with Crippen molar-refractivity contribution in [3.05, 3.63) is 34.6 Å². The molecule has 4 heterocycles. The number of likely N-dealkylation sites (N-methyl/N-ethyl adjacent to an activating group) is 1. The Hall–Kier alpha value is -2.62. The number of phenolic OH excluding ortho intramolecular Hbond substituents is 1. The van der Waals surface area contributed by atoms with Gasteiger partial charge in [-0.15, -0.1) is 0 Å². The molecule has 2 saturated heterocycles. The van der Waals surface area contributed by atoms with E-state index in [9.17, 15) is 14.3 Å². The number of nitrogens with one attached hydrogen (secondary N) is 1. The Bertz CT molecular complexity index is 1060. The lowest BCUT2D eigenvalue weighted by Gasteiger charge is -2.34. The standard InChI is InChI=1S/C23H26ClFN4O4/c1-28-8-3-4-14(11-28)33-22-18-21(32-12-13-10-26-7-9-29(13)23(18)31)19(24)20(27-22)17-15(25)5-2-6-16(17)30/h2,5-6,13-14,26,30H,3-4,7-12H2,1H3. The number of phenols is 1. The average Bonchev–Trinajstić information content (AvgIpc) is 2.94. The summed E-state index contributed by atoms with van der Waals surface area (Å²) in [4.78, 5) is 22.0. The molecule has 3 aliphatic heterocycles. The lowest BCUT2D eigenvalue weighted by Crippen LogP contribution is -2.54. The van der Waals surface area contributed by atoms with Crippen LogP contribution < -0.4 is 14.8 Å². The Morgan fingerprint density at radius 3 is 2.97 bits per heavy atom. The summed E-state index contributed by atoms with van der Waals surface area (Å²) >= 11 is 6.66. The first-order valence-corrected chi connectivity index (χ1v) is 11.5. The first-order valence-electron chi connectivity index (χ1n) is 11.1. The van der Waals surface area contributed by atoms with Crippen LogP contribution in [0.2, 0.25) is 5.02 Å². The number of hydrogen-bond donors (Lipinski definition) is 2. The van der Waals surface area contributed by atoms with Crippen molar-refractivity contribution in [3.8, 4) is 28.6 Å². The first-order chi connectivity index (χ1) is 15.9. The molecule has 10 heteroatoms. The Morgan fingerprint density at radius 1 is 1.33 bits per heavy atom. The largest absolute Gasteiger partial charge is 0.507 e. The minimum Gasteiger partial charge on any atom is -0.507 e. The zero-order valence-corrected chi connectivity index (χ0v) is 19.1. The van der Waals surface area contributed by atoms with Gasteiger partial charge >= 0.3 is 0 Å². The van der Waals surface area contributed by atoms with Crippen molar-refractivity contribution in [2.24, 2.45) is 0 Å². The summed E-state index contributed by atoms with van der Waals surface area (Å²) in [5.41, 5.74) is -0.0243. The summed E-state index contributed by atoms with van der Waals surface area (Å²) in [5, 5.41) is 13.6. The number of carbonyl (C=O) groups is 1. The number of fused-ring (bicyclic) bond motifs is 2. The summed E-state index contributed by atoms with van der Waals surface area (Å²) < 4.78 is 27.1. The van der Waals surface area contributed by atoms with Crippen molar-refractivity contribution in [1.82, 2.24) is 20.1 Å². The molecular formula is C23H26ClFN4O4. The lowest BCUT2D eigenvalue weighted by atomic mass is 10.1. The second-order valence-electron chi connectivity index (χ2n) is 8.73. The molecule has 2 N–H and O–H groups in total. The van der Waals surface area contributed by atoms with Crippen LogP contribution in [0.5, 0.6) is 17.4 Å². The van der Waals surface area contributed by atoms with E-state index in [1.54, 1.807) is 4.90 Å². The Balaban J connectivity index is 1.67. The van der Waals surface area contributed by atoms with E-state index in [4.69, 9.17) is 21.1 Å². The van der Waals surface area contributed by atoms with Crippen LogP contribution >= 0.6 is 11.6 Å². The molecule has 33 heavy (non-hydrogen) atoms. The quantitative estimate of drug-likeness (QED) is 0.704. The lowest BCUT2D eigenvalue weighted by molar-refractivity contribution is 0.0594. The van der Waals surface area contributed by atoms with Gasteiger partial charge < -0.3 is 29.7 Å². The van der Waals surface area contributed by atoms with E-state index in [-0.39, 0.29) is 63.9 Å². The molecule has 1 aromatic carbocycles. The SMILES string of the molecule is CN1CCCC(Oc2nc(-c3c(O)cccc3F)c(Cl)c3c2C(=O)N2CCNCC2CO3)C1. The second kappa shape index (κ2) is 8.96. The van der Waals surface area contributed by atoms with Gasteiger partial charge in [-0.25, -0.2) is 9.37 Å². The molecule has 2 atom stereocenters. The predicted molar refractivity (Wildman–Crippen MR) is 121 cm³/mol. The zero-order chi connectivity index (χ0) is 23.1. The van der Waals surface area contributed by atoms with Crippen molar-refractivity contribution >= 4 is 17.5 Å². The Kier molecular flexibility index (Phi) is 6.03. The highest BCUT2D eigenvalue weighted by atomic mass is 35.5.